The average Bonchev–Trinajstić information content (AvgIpc) is 2.49. The SMILES string of the molecule is CCC(CC)Oc1nc(Nc2ccccc2)ncc1C. The molecular weight excluding hydrogens is 250 g/mol. The number of ether oxygens (including phenoxy) is 1. The van der Waals surface area contributed by atoms with Gasteiger partial charge in [-0.2, -0.15) is 4.98 Å². The lowest BCUT2D eigenvalue weighted by atomic mass is 10.2. The summed E-state index contributed by atoms with van der Waals surface area (Å²) in [5, 5.41) is 3.18. The second-order valence-electron chi connectivity index (χ2n) is 4.73. The van der Waals surface area contributed by atoms with Gasteiger partial charge in [-0.1, -0.05) is 32.0 Å². The van der Waals surface area contributed by atoms with E-state index in [-0.39, 0.29) is 6.10 Å². The van der Waals surface area contributed by atoms with Gasteiger partial charge in [0.25, 0.3) is 0 Å². The first-order chi connectivity index (χ1) is 9.72. The van der Waals surface area contributed by atoms with Gasteiger partial charge in [-0.15, -0.1) is 0 Å². The van der Waals surface area contributed by atoms with E-state index in [4.69, 9.17) is 4.74 Å². The zero-order chi connectivity index (χ0) is 14.4. The van der Waals surface area contributed by atoms with Gasteiger partial charge in [-0.05, 0) is 31.9 Å². The van der Waals surface area contributed by atoms with E-state index in [0.717, 1.165) is 24.1 Å². The molecule has 2 rings (SSSR count). The second kappa shape index (κ2) is 6.89. The van der Waals surface area contributed by atoms with Crippen molar-refractivity contribution >= 4 is 11.6 Å². The van der Waals surface area contributed by atoms with Crippen LogP contribution in [0.4, 0.5) is 11.6 Å². The third kappa shape index (κ3) is 3.70. The molecule has 1 aromatic carbocycles. The summed E-state index contributed by atoms with van der Waals surface area (Å²) in [7, 11) is 0. The lowest BCUT2D eigenvalue weighted by Crippen LogP contribution is -2.15. The highest BCUT2D eigenvalue weighted by Crippen LogP contribution is 2.20. The summed E-state index contributed by atoms with van der Waals surface area (Å²) in [6, 6.07) is 9.87. The van der Waals surface area contributed by atoms with E-state index in [2.05, 4.69) is 29.1 Å². The largest absolute Gasteiger partial charge is 0.474 e. The first kappa shape index (κ1) is 14.3. The summed E-state index contributed by atoms with van der Waals surface area (Å²) >= 11 is 0. The smallest absolute Gasteiger partial charge is 0.230 e. The number of aromatic nitrogens is 2. The highest BCUT2D eigenvalue weighted by molar-refractivity contribution is 5.53. The summed E-state index contributed by atoms with van der Waals surface area (Å²) in [5.41, 5.74) is 1.92. The van der Waals surface area contributed by atoms with Crippen LogP contribution >= 0.6 is 0 Å². The number of benzene rings is 1. The molecule has 0 atom stereocenters. The fourth-order valence-corrected chi connectivity index (χ4v) is 1.87. The normalized spacial score (nSPS) is 10.6. The molecule has 0 spiro atoms. The number of nitrogens with zero attached hydrogens (tertiary/aromatic N) is 2. The zero-order valence-corrected chi connectivity index (χ0v) is 12.3. The third-order valence-electron chi connectivity index (χ3n) is 3.14. The Labute approximate surface area is 120 Å². The van der Waals surface area contributed by atoms with Gasteiger partial charge in [0.2, 0.25) is 11.8 Å². The van der Waals surface area contributed by atoms with E-state index in [1.54, 1.807) is 6.20 Å². The van der Waals surface area contributed by atoms with Crippen molar-refractivity contribution < 1.29 is 4.74 Å². The molecule has 0 aliphatic rings. The summed E-state index contributed by atoms with van der Waals surface area (Å²) in [6.07, 6.45) is 3.94. The zero-order valence-electron chi connectivity index (χ0n) is 12.3. The number of hydrogen-bond donors (Lipinski definition) is 1. The number of rotatable bonds is 6. The summed E-state index contributed by atoms with van der Waals surface area (Å²) < 4.78 is 5.93. The Hall–Kier alpha value is -2.10. The minimum Gasteiger partial charge on any atom is -0.474 e. The van der Waals surface area contributed by atoms with Crippen molar-refractivity contribution in [2.24, 2.45) is 0 Å². The Bertz CT molecular complexity index is 539. The molecule has 4 nitrogen and oxygen atoms in total. The topological polar surface area (TPSA) is 47.0 Å². The monoisotopic (exact) mass is 271 g/mol. The molecule has 1 aromatic heterocycles. The second-order valence-corrected chi connectivity index (χ2v) is 4.73. The van der Waals surface area contributed by atoms with Gasteiger partial charge in [0.15, 0.2) is 0 Å². The lowest BCUT2D eigenvalue weighted by Gasteiger charge is -2.16. The predicted molar refractivity (Wildman–Crippen MR) is 81.5 cm³/mol. The number of aryl methyl sites for hydroxylation is 1. The molecule has 0 aliphatic carbocycles. The molecule has 0 saturated carbocycles. The van der Waals surface area contributed by atoms with Crippen LogP contribution in [-0.4, -0.2) is 16.1 Å². The summed E-state index contributed by atoms with van der Waals surface area (Å²) in [6.45, 7) is 6.20. The van der Waals surface area contributed by atoms with Crippen molar-refractivity contribution in [3.8, 4) is 5.88 Å². The maximum atomic E-state index is 5.93. The van der Waals surface area contributed by atoms with E-state index in [1.165, 1.54) is 0 Å². The molecule has 0 fully saturated rings. The highest BCUT2D eigenvalue weighted by atomic mass is 16.5. The van der Waals surface area contributed by atoms with E-state index in [1.807, 2.05) is 37.3 Å². The van der Waals surface area contributed by atoms with Gasteiger partial charge >= 0.3 is 0 Å². The van der Waals surface area contributed by atoms with Crippen molar-refractivity contribution in [1.29, 1.82) is 0 Å². The molecule has 1 N–H and O–H groups in total. The molecule has 0 amide bonds. The first-order valence-corrected chi connectivity index (χ1v) is 7.05. The molecule has 2 aromatic rings. The van der Waals surface area contributed by atoms with Gasteiger partial charge in [0.05, 0.1) is 6.10 Å². The molecule has 0 aliphatic heterocycles. The van der Waals surface area contributed by atoms with E-state index < -0.39 is 0 Å². The fourth-order valence-electron chi connectivity index (χ4n) is 1.87. The average molecular weight is 271 g/mol. The minimum atomic E-state index is 0.202. The maximum absolute atomic E-state index is 5.93. The number of hydrogen-bond acceptors (Lipinski definition) is 4. The molecule has 4 heteroatoms. The molecule has 106 valence electrons. The van der Waals surface area contributed by atoms with Crippen LogP contribution in [0.5, 0.6) is 5.88 Å². The van der Waals surface area contributed by atoms with Crippen molar-refractivity contribution in [3.05, 3.63) is 42.1 Å². The molecular formula is C16H21N3O. The number of para-hydroxylation sites is 1. The molecule has 0 bridgehead atoms. The molecule has 0 saturated heterocycles. The van der Waals surface area contributed by atoms with Gasteiger partial charge in [-0.25, -0.2) is 4.98 Å². The van der Waals surface area contributed by atoms with Gasteiger partial charge in [0.1, 0.15) is 0 Å². The Morgan fingerprint density at radius 2 is 1.85 bits per heavy atom. The Morgan fingerprint density at radius 3 is 2.50 bits per heavy atom. The van der Waals surface area contributed by atoms with Crippen molar-refractivity contribution in [1.82, 2.24) is 9.97 Å². The van der Waals surface area contributed by atoms with Crippen molar-refractivity contribution in [3.63, 3.8) is 0 Å². The summed E-state index contributed by atoms with van der Waals surface area (Å²) in [4.78, 5) is 8.75. The van der Waals surface area contributed by atoms with Gasteiger partial charge < -0.3 is 10.1 Å². The van der Waals surface area contributed by atoms with Crippen LogP contribution in [0.2, 0.25) is 0 Å². The number of nitrogens with one attached hydrogen (secondary N) is 1. The van der Waals surface area contributed by atoms with Crippen molar-refractivity contribution in [2.45, 2.75) is 39.7 Å². The van der Waals surface area contributed by atoms with Crippen LogP contribution in [0.3, 0.4) is 0 Å². The molecule has 20 heavy (non-hydrogen) atoms. The Morgan fingerprint density at radius 1 is 1.15 bits per heavy atom. The standard InChI is InChI=1S/C16H21N3O/c1-4-14(5-2)20-15-12(3)11-17-16(19-15)18-13-9-7-6-8-10-13/h6-11,14H,4-5H2,1-3H3,(H,17,18,19). The van der Waals surface area contributed by atoms with Crippen LogP contribution in [-0.2, 0) is 0 Å². The maximum Gasteiger partial charge on any atom is 0.230 e. The summed E-state index contributed by atoms with van der Waals surface area (Å²) in [5.74, 6) is 1.22. The van der Waals surface area contributed by atoms with Crippen molar-refractivity contribution in [2.75, 3.05) is 5.32 Å². The van der Waals surface area contributed by atoms with Crippen LogP contribution in [0.15, 0.2) is 36.5 Å². The first-order valence-electron chi connectivity index (χ1n) is 7.05. The number of anilines is 2. The predicted octanol–water partition coefficient (Wildman–Crippen LogP) is 4.10. The molecule has 0 radical (unpaired) electrons. The minimum absolute atomic E-state index is 0.202. The van der Waals surface area contributed by atoms with Crippen LogP contribution in [0, 0.1) is 6.92 Å². The fraction of sp³-hybridized carbons (Fsp3) is 0.375. The van der Waals surface area contributed by atoms with Crippen LogP contribution in [0.25, 0.3) is 0 Å². The van der Waals surface area contributed by atoms with E-state index >= 15 is 0 Å². The Kier molecular flexibility index (Phi) is 4.93. The van der Waals surface area contributed by atoms with Gasteiger partial charge in [0, 0.05) is 17.4 Å². The van der Waals surface area contributed by atoms with Gasteiger partial charge in [-0.3, -0.25) is 0 Å². The van der Waals surface area contributed by atoms with Crippen LogP contribution < -0.4 is 10.1 Å². The van der Waals surface area contributed by atoms with E-state index in [9.17, 15) is 0 Å². The third-order valence-corrected chi connectivity index (χ3v) is 3.14. The Balaban J connectivity index is 2.16. The van der Waals surface area contributed by atoms with E-state index in [0.29, 0.717) is 11.8 Å². The molecule has 1 heterocycles. The van der Waals surface area contributed by atoms with Crippen LogP contribution in [0.1, 0.15) is 32.3 Å². The quantitative estimate of drug-likeness (QED) is 0.859. The lowest BCUT2D eigenvalue weighted by molar-refractivity contribution is 0.183. The highest BCUT2D eigenvalue weighted by Gasteiger charge is 2.10. The molecule has 0 unspecified atom stereocenters.